The number of aliphatic hydroxyl groups is 1. The zero-order valence-electron chi connectivity index (χ0n) is 22.7. The lowest BCUT2D eigenvalue weighted by molar-refractivity contribution is -0.149. The summed E-state index contributed by atoms with van der Waals surface area (Å²) < 4.78 is 22.5. The van der Waals surface area contributed by atoms with Gasteiger partial charge in [-0.15, -0.1) is 0 Å². The number of hydrogen-bond acceptors (Lipinski definition) is 8. The third-order valence-electron chi connectivity index (χ3n) is 5.85. The number of ether oxygens (including phenoxy) is 4. The highest BCUT2D eigenvalue weighted by atomic mass is 32.1. The zero-order valence-corrected chi connectivity index (χ0v) is 24.5. The largest absolute Gasteiger partial charge is 0.491 e. The lowest BCUT2D eigenvalue weighted by atomic mass is 9.78. The molecule has 0 bridgehead atoms. The number of benzene rings is 2. The summed E-state index contributed by atoms with van der Waals surface area (Å²) in [6.45, 7) is 12.4. The molecule has 2 aromatic carbocycles. The maximum absolute atomic E-state index is 11.8. The van der Waals surface area contributed by atoms with Crippen molar-refractivity contribution in [2.45, 2.75) is 88.8 Å². The Bertz CT molecular complexity index is 944. The van der Waals surface area contributed by atoms with E-state index < -0.39 is 6.29 Å². The zero-order chi connectivity index (χ0) is 27.6. The van der Waals surface area contributed by atoms with Crippen LogP contribution in [0.5, 0.6) is 11.5 Å². The van der Waals surface area contributed by atoms with Crippen LogP contribution in [0.3, 0.4) is 0 Å². The van der Waals surface area contributed by atoms with E-state index in [1.165, 1.54) is 0 Å². The van der Waals surface area contributed by atoms with Gasteiger partial charge in [0.25, 0.3) is 0 Å². The highest BCUT2D eigenvalue weighted by molar-refractivity contribution is 7.81. The second kappa shape index (κ2) is 14.9. The van der Waals surface area contributed by atoms with Gasteiger partial charge in [-0.05, 0) is 49.2 Å². The number of hydrogen-bond donors (Lipinski definition) is 3. The first-order chi connectivity index (χ1) is 17.4. The molecular formula is C29H42O6S2. The number of thiol groups is 2. The standard InChI is InChI=1S/C29H42O6S2/c1-19(34-27(30)15-21(3)36)17-32-25-11-7-23(8-12-25)29(5,6)24-9-13-26(14-10-24)33-18-20(2)35-28(31)16-22(4)37/h7-14,19-22,27,30,36-37H,15-18H2,1-6H3. The number of carbonyl (C=O) groups excluding carboxylic acids is 1. The molecule has 0 fully saturated rings. The van der Waals surface area contributed by atoms with E-state index in [1.807, 2.05) is 52.0 Å². The van der Waals surface area contributed by atoms with Crippen molar-refractivity contribution in [3.8, 4) is 11.5 Å². The van der Waals surface area contributed by atoms with Gasteiger partial charge in [0.15, 0.2) is 6.29 Å². The summed E-state index contributed by atoms with van der Waals surface area (Å²) in [5.74, 6) is 1.20. The van der Waals surface area contributed by atoms with Crippen molar-refractivity contribution in [1.29, 1.82) is 0 Å². The third-order valence-corrected chi connectivity index (χ3v) is 6.24. The monoisotopic (exact) mass is 550 g/mol. The maximum atomic E-state index is 11.8. The van der Waals surface area contributed by atoms with Crippen LogP contribution in [-0.4, -0.2) is 53.3 Å². The third kappa shape index (κ3) is 11.2. The molecule has 5 atom stereocenters. The average Bonchev–Trinajstić information content (AvgIpc) is 2.81. The first-order valence-electron chi connectivity index (χ1n) is 12.7. The van der Waals surface area contributed by atoms with Gasteiger partial charge in [-0.25, -0.2) is 0 Å². The van der Waals surface area contributed by atoms with Crippen LogP contribution in [0, 0.1) is 0 Å². The van der Waals surface area contributed by atoms with Crippen LogP contribution >= 0.6 is 25.3 Å². The van der Waals surface area contributed by atoms with Crippen LogP contribution in [0.25, 0.3) is 0 Å². The Labute approximate surface area is 232 Å². The van der Waals surface area contributed by atoms with Gasteiger partial charge in [0.1, 0.15) is 30.8 Å². The normalized spacial score (nSPS) is 15.8. The Morgan fingerprint density at radius 1 is 0.811 bits per heavy atom. The molecule has 37 heavy (non-hydrogen) atoms. The number of aliphatic hydroxyl groups excluding tert-OH is 1. The number of rotatable bonds is 15. The number of esters is 1. The van der Waals surface area contributed by atoms with Gasteiger partial charge < -0.3 is 24.1 Å². The highest BCUT2D eigenvalue weighted by Gasteiger charge is 2.23. The van der Waals surface area contributed by atoms with E-state index >= 15 is 0 Å². The summed E-state index contributed by atoms with van der Waals surface area (Å²) >= 11 is 8.49. The second-order valence-corrected chi connectivity index (χ2v) is 11.9. The molecule has 0 saturated carbocycles. The van der Waals surface area contributed by atoms with E-state index in [9.17, 15) is 9.90 Å². The van der Waals surface area contributed by atoms with E-state index in [0.29, 0.717) is 13.0 Å². The van der Waals surface area contributed by atoms with Crippen LogP contribution in [0.15, 0.2) is 48.5 Å². The van der Waals surface area contributed by atoms with Gasteiger partial charge in [-0.1, -0.05) is 52.0 Å². The molecule has 2 rings (SSSR count). The maximum Gasteiger partial charge on any atom is 0.307 e. The van der Waals surface area contributed by atoms with Gasteiger partial charge in [0, 0.05) is 22.3 Å². The Morgan fingerprint density at radius 2 is 1.27 bits per heavy atom. The van der Waals surface area contributed by atoms with Crippen LogP contribution in [0.1, 0.15) is 65.5 Å². The summed E-state index contributed by atoms with van der Waals surface area (Å²) in [5, 5.41) is 9.93. The van der Waals surface area contributed by atoms with Crippen molar-refractivity contribution in [2.75, 3.05) is 13.2 Å². The molecule has 0 spiro atoms. The Kier molecular flexibility index (Phi) is 12.6. The summed E-state index contributed by atoms with van der Waals surface area (Å²) in [7, 11) is 0. The minimum atomic E-state index is -0.848. The Morgan fingerprint density at radius 3 is 1.70 bits per heavy atom. The molecule has 0 aliphatic rings. The van der Waals surface area contributed by atoms with Gasteiger partial charge in [0.2, 0.25) is 0 Å². The van der Waals surface area contributed by atoms with Gasteiger partial charge >= 0.3 is 5.97 Å². The minimum Gasteiger partial charge on any atom is -0.491 e. The molecule has 5 unspecified atom stereocenters. The quantitative estimate of drug-likeness (QED) is 0.147. The van der Waals surface area contributed by atoms with Gasteiger partial charge in [0.05, 0.1) is 12.5 Å². The fourth-order valence-corrected chi connectivity index (χ4v) is 4.06. The van der Waals surface area contributed by atoms with E-state index in [1.54, 1.807) is 0 Å². The average molecular weight is 551 g/mol. The molecule has 8 heteroatoms. The van der Waals surface area contributed by atoms with Gasteiger partial charge in [-0.3, -0.25) is 4.79 Å². The van der Waals surface area contributed by atoms with E-state index in [4.69, 9.17) is 18.9 Å². The van der Waals surface area contributed by atoms with Crippen molar-refractivity contribution < 1.29 is 28.8 Å². The summed E-state index contributed by atoms with van der Waals surface area (Å²) in [6.07, 6.45) is -0.690. The first kappa shape index (κ1) is 31.3. The fourth-order valence-electron chi connectivity index (χ4n) is 3.73. The summed E-state index contributed by atoms with van der Waals surface area (Å²) in [5.41, 5.74) is 2.06. The van der Waals surface area contributed by atoms with E-state index in [2.05, 4.69) is 63.4 Å². The fraction of sp³-hybridized carbons (Fsp3) is 0.552. The Balaban J connectivity index is 1.88. The van der Waals surface area contributed by atoms with Gasteiger partial charge in [-0.2, -0.15) is 25.3 Å². The summed E-state index contributed by atoms with van der Waals surface area (Å²) in [4.78, 5) is 11.8. The molecule has 0 saturated heterocycles. The molecule has 0 aliphatic carbocycles. The highest BCUT2D eigenvalue weighted by Crippen LogP contribution is 2.33. The molecule has 206 valence electrons. The Hall–Kier alpha value is -1.87. The van der Waals surface area contributed by atoms with Crippen LogP contribution in [0.4, 0.5) is 0 Å². The van der Waals surface area contributed by atoms with Crippen molar-refractivity contribution in [3.63, 3.8) is 0 Å². The van der Waals surface area contributed by atoms with Crippen LogP contribution in [0.2, 0.25) is 0 Å². The topological polar surface area (TPSA) is 74.2 Å². The van der Waals surface area contributed by atoms with E-state index in [0.717, 1.165) is 22.6 Å². The predicted molar refractivity (Wildman–Crippen MR) is 154 cm³/mol. The van der Waals surface area contributed by atoms with Crippen molar-refractivity contribution in [3.05, 3.63) is 59.7 Å². The SMILES string of the molecule is CC(S)CC(=O)OC(C)COc1ccc(C(C)(C)c2ccc(OCC(C)OC(O)CC(C)S)cc2)cc1. The predicted octanol–water partition coefficient (Wildman–Crippen LogP) is 5.84. The number of carbonyl (C=O) groups is 1. The molecule has 0 amide bonds. The van der Waals surface area contributed by atoms with Crippen LogP contribution < -0.4 is 9.47 Å². The molecule has 2 aromatic rings. The first-order valence-corrected chi connectivity index (χ1v) is 13.8. The molecular weight excluding hydrogens is 508 g/mol. The lowest BCUT2D eigenvalue weighted by Gasteiger charge is -2.27. The smallest absolute Gasteiger partial charge is 0.307 e. The molecule has 0 radical (unpaired) electrons. The molecule has 0 aromatic heterocycles. The summed E-state index contributed by atoms with van der Waals surface area (Å²) in [6, 6.07) is 16.0. The van der Waals surface area contributed by atoms with Crippen LogP contribution in [-0.2, 0) is 19.7 Å². The van der Waals surface area contributed by atoms with Crippen molar-refractivity contribution in [2.24, 2.45) is 0 Å². The molecule has 1 N–H and O–H groups in total. The van der Waals surface area contributed by atoms with E-state index in [-0.39, 0.29) is 47.1 Å². The molecule has 0 heterocycles. The molecule has 0 aliphatic heterocycles. The van der Waals surface area contributed by atoms with Crippen molar-refractivity contribution >= 4 is 31.2 Å². The lowest BCUT2D eigenvalue weighted by Crippen LogP contribution is -2.26. The van der Waals surface area contributed by atoms with Crippen molar-refractivity contribution in [1.82, 2.24) is 0 Å². The minimum absolute atomic E-state index is 0.0318. The second-order valence-electron chi connectivity index (χ2n) is 10.1. The molecule has 6 nitrogen and oxygen atoms in total.